The van der Waals surface area contributed by atoms with Gasteiger partial charge >= 0.3 is 5.97 Å². The van der Waals surface area contributed by atoms with Crippen molar-refractivity contribution in [1.82, 2.24) is 5.32 Å². The first-order valence-corrected chi connectivity index (χ1v) is 10.4. The van der Waals surface area contributed by atoms with Crippen LogP contribution in [0.4, 0.5) is 0 Å². The zero-order chi connectivity index (χ0) is 21.4. The van der Waals surface area contributed by atoms with Crippen molar-refractivity contribution in [2.45, 2.75) is 65.0 Å². The highest BCUT2D eigenvalue weighted by Gasteiger charge is 2.29. The zero-order valence-electron chi connectivity index (χ0n) is 17.9. The third-order valence-electron chi connectivity index (χ3n) is 4.79. The van der Waals surface area contributed by atoms with Gasteiger partial charge in [0.25, 0.3) is 0 Å². The average molecular weight is 400 g/mol. The Labute approximate surface area is 173 Å². The molecule has 2 aromatic rings. The van der Waals surface area contributed by atoms with Gasteiger partial charge in [0.15, 0.2) is 0 Å². The summed E-state index contributed by atoms with van der Waals surface area (Å²) < 4.78 is 5.47. The van der Waals surface area contributed by atoms with Crippen LogP contribution in [0.5, 0.6) is 0 Å². The molecule has 0 saturated carbocycles. The van der Waals surface area contributed by atoms with E-state index in [0.717, 1.165) is 29.2 Å². The molecule has 0 radical (unpaired) electrons. The zero-order valence-corrected chi connectivity index (χ0v) is 17.9. The van der Waals surface area contributed by atoms with Gasteiger partial charge in [0.05, 0.1) is 12.5 Å². The van der Waals surface area contributed by atoms with Crippen LogP contribution >= 0.6 is 0 Å². The number of ether oxygens (including phenoxy) is 1. The second-order valence-electron chi connectivity index (χ2n) is 8.46. The van der Waals surface area contributed by atoms with Gasteiger partial charge < -0.3 is 15.2 Å². The molecule has 2 aromatic carbocycles. The van der Waals surface area contributed by atoms with Gasteiger partial charge in [-0.3, -0.25) is 4.79 Å². The highest BCUT2D eigenvalue weighted by atomic mass is 16.6. The van der Waals surface area contributed by atoms with Crippen molar-refractivity contribution in [2.24, 2.45) is 5.92 Å². The number of unbranched alkanes of at least 4 members (excludes halogenated alkanes) is 1. The summed E-state index contributed by atoms with van der Waals surface area (Å²) in [5.41, 5.74) is 0.380. The van der Waals surface area contributed by atoms with Gasteiger partial charge in [-0.25, -0.2) is 4.79 Å². The van der Waals surface area contributed by atoms with Crippen LogP contribution in [0.25, 0.3) is 10.8 Å². The van der Waals surface area contributed by atoms with Crippen molar-refractivity contribution in [3.63, 3.8) is 0 Å². The Balaban J connectivity index is 2.14. The van der Waals surface area contributed by atoms with Crippen molar-refractivity contribution >= 4 is 22.6 Å². The van der Waals surface area contributed by atoms with E-state index in [0.29, 0.717) is 12.8 Å². The van der Waals surface area contributed by atoms with Gasteiger partial charge in [-0.15, -0.1) is 0 Å². The molecule has 5 nitrogen and oxygen atoms in total. The quantitative estimate of drug-likeness (QED) is 0.625. The summed E-state index contributed by atoms with van der Waals surface area (Å²) in [4.78, 5) is 25.4. The monoisotopic (exact) mass is 399 g/mol. The van der Waals surface area contributed by atoms with Gasteiger partial charge in [0.2, 0.25) is 5.91 Å². The summed E-state index contributed by atoms with van der Waals surface area (Å²) in [6.07, 6.45) is 2.63. The fourth-order valence-electron chi connectivity index (χ4n) is 3.30. The van der Waals surface area contributed by atoms with Crippen LogP contribution in [-0.4, -0.2) is 35.2 Å². The van der Waals surface area contributed by atoms with E-state index in [-0.39, 0.29) is 12.5 Å². The van der Waals surface area contributed by atoms with Crippen LogP contribution in [0.1, 0.15) is 52.5 Å². The predicted octanol–water partition coefficient (Wildman–Crippen LogP) is 4.01. The average Bonchev–Trinajstić information content (AvgIpc) is 2.67. The Morgan fingerprint density at radius 3 is 2.45 bits per heavy atom. The molecule has 0 aliphatic rings. The lowest BCUT2D eigenvalue weighted by molar-refractivity contribution is -0.159. The molecule has 0 saturated heterocycles. The van der Waals surface area contributed by atoms with E-state index >= 15 is 0 Å². The number of rotatable bonds is 9. The fourth-order valence-corrected chi connectivity index (χ4v) is 3.30. The highest BCUT2D eigenvalue weighted by Crippen LogP contribution is 2.22. The third-order valence-corrected chi connectivity index (χ3v) is 4.79. The maximum Gasteiger partial charge on any atom is 0.329 e. The number of amides is 1. The molecule has 0 unspecified atom stereocenters. The first kappa shape index (κ1) is 22.9. The lowest BCUT2D eigenvalue weighted by Gasteiger charge is -2.26. The molecule has 0 bridgehead atoms. The molecular formula is C24H33NO4. The molecule has 0 aliphatic carbocycles. The summed E-state index contributed by atoms with van der Waals surface area (Å²) in [6, 6.07) is 13.2. The number of hydrogen-bond acceptors (Lipinski definition) is 4. The summed E-state index contributed by atoms with van der Waals surface area (Å²) in [5.74, 6) is -1.39. The minimum absolute atomic E-state index is 0.288. The van der Waals surface area contributed by atoms with Crippen molar-refractivity contribution in [3.05, 3.63) is 48.0 Å². The predicted molar refractivity (Wildman–Crippen MR) is 116 cm³/mol. The molecule has 0 heterocycles. The Morgan fingerprint density at radius 1 is 1.10 bits per heavy atom. The standard InChI is InChI=1S/C24H33NO4/c1-5-6-14-21(23(28)29-24(2,3)4)25-22(27)19(16-26)15-18-12-9-11-17-10-7-8-13-20(17)18/h7-13,19,21,26H,5-6,14-16H2,1-4H3,(H,25,27)/t19-,21+/m1/s1. The smallest absolute Gasteiger partial charge is 0.329 e. The summed E-state index contributed by atoms with van der Waals surface area (Å²) >= 11 is 0. The number of aliphatic hydroxyl groups excluding tert-OH is 1. The van der Waals surface area contributed by atoms with Crippen molar-refractivity contribution < 1.29 is 19.4 Å². The Bertz CT molecular complexity index is 820. The first-order valence-electron chi connectivity index (χ1n) is 10.4. The van der Waals surface area contributed by atoms with E-state index in [4.69, 9.17) is 4.74 Å². The molecule has 0 aliphatic heterocycles. The van der Waals surface area contributed by atoms with E-state index in [2.05, 4.69) is 5.32 Å². The molecule has 5 heteroatoms. The van der Waals surface area contributed by atoms with E-state index in [1.807, 2.05) is 49.4 Å². The van der Waals surface area contributed by atoms with Gasteiger partial charge in [-0.2, -0.15) is 0 Å². The largest absolute Gasteiger partial charge is 0.458 e. The van der Waals surface area contributed by atoms with Crippen molar-refractivity contribution in [2.75, 3.05) is 6.61 Å². The summed E-state index contributed by atoms with van der Waals surface area (Å²) in [7, 11) is 0. The third kappa shape index (κ3) is 6.86. The maximum atomic E-state index is 12.9. The number of aliphatic hydroxyl groups is 1. The van der Waals surface area contributed by atoms with Gasteiger partial charge in [0.1, 0.15) is 11.6 Å². The molecule has 0 spiro atoms. The van der Waals surface area contributed by atoms with E-state index < -0.39 is 23.5 Å². The molecule has 2 atom stereocenters. The number of carbonyl (C=O) groups is 2. The minimum Gasteiger partial charge on any atom is -0.458 e. The SMILES string of the molecule is CCCC[C@H](NC(=O)[C@@H](CO)Cc1cccc2ccccc12)C(=O)OC(C)(C)C. The number of hydrogen-bond donors (Lipinski definition) is 2. The van der Waals surface area contributed by atoms with E-state index in [1.54, 1.807) is 20.8 Å². The second kappa shape index (κ2) is 10.4. The van der Waals surface area contributed by atoms with E-state index in [9.17, 15) is 14.7 Å². The molecule has 29 heavy (non-hydrogen) atoms. The van der Waals surface area contributed by atoms with Gasteiger partial charge in [0, 0.05) is 0 Å². The summed E-state index contributed by atoms with van der Waals surface area (Å²) in [6.45, 7) is 7.16. The van der Waals surface area contributed by atoms with E-state index in [1.165, 1.54) is 0 Å². The molecular weight excluding hydrogens is 366 g/mol. The fraction of sp³-hybridized carbons (Fsp3) is 0.500. The van der Waals surface area contributed by atoms with Gasteiger partial charge in [-0.1, -0.05) is 62.2 Å². The van der Waals surface area contributed by atoms with Crippen molar-refractivity contribution in [3.8, 4) is 0 Å². The topological polar surface area (TPSA) is 75.6 Å². The summed E-state index contributed by atoms with van der Waals surface area (Å²) in [5, 5.41) is 14.8. The van der Waals surface area contributed by atoms with Crippen LogP contribution in [-0.2, 0) is 20.7 Å². The first-order chi connectivity index (χ1) is 13.7. The molecule has 2 N–H and O–H groups in total. The number of carbonyl (C=O) groups excluding carboxylic acids is 2. The number of fused-ring (bicyclic) bond motifs is 1. The molecule has 1 amide bonds. The molecule has 0 fully saturated rings. The van der Waals surface area contributed by atoms with Crippen molar-refractivity contribution in [1.29, 1.82) is 0 Å². The highest BCUT2D eigenvalue weighted by molar-refractivity contribution is 5.88. The lowest BCUT2D eigenvalue weighted by Crippen LogP contribution is -2.47. The van der Waals surface area contributed by atoms with Gasteiger partial charge in [-0.05, 0) is 49.9 Å². The number of esters is 1. The number of benzene rings is 2. The van der Waals surface area contributed by atoms with Crippen LogP contribution in [0.3, 0.4) is 0 Å². The Hall–Kier alpha value is -2.40. The molecule has 0 aromatic heterocycles. The van der Waals surface area contributed by atoms with Crippen LogP contribution < -0.4 is 5.32 Å². The van der Waals surface area contributed by atoms with Crippen LogP contribution in [0, 0.1) is 5.92 Å². The minimum atomic E-state index is -0.705. The Morgan fingerprint density at radius 2 is 1.79 bits per heavy atom. The maximum absolute atomic E-state index is 12.9. The second-order valence-corrected chi connectivity index (χ2v) is 8.46. The normalized spacial score (nSPS) is 13.7. The molecule has 2 rings (SSSR count). The van der Waals surface area contributed by atoms with Crippen LogP contribution in [0.15, 0.2) is 42.5 Å². The van der Waals surface area contributed by atoms with Crippen LogP contribution in [0.2, 0.25) is 0 Å². The Kier molecular flexibility index (Phi) is 8.21. The lowest BCUT2D eigenvalue weighted by atomic mass is 9.94. The number of nitrogens with one attached hydrogen (secondary N) is 1. The molecule has 158 valence electrons.